The molecular formula is C24H28ClN3O3. The van der Waals surface area contributed by atoms with Crippen LogP contribution in [0.4, 0.5) is 6.01 Å². The largest absolute Gasteiger partial charge is 0.424 e. The Morgan fingerprint density at radius 1 is 1.29 bits per heavy atom. The van der Waals surface area contributed by atoms with Crippen molar-refractivity contribution >= 4 is 34.6 Å². The molecule has 0 bridgehead atoms. The van der Waals surface area contributed by atoms with Gasteiger partial charge >= 0.3 is 0 Å². The first kappa shape index (κ1) is 21.7. The van der Waals surface area contributed by atoms with E-state index in [0.717, 1.165) is 44.4 Å². The Hall–Kier alpha value is -2.57. The SMILES string of the molecule is CCCCN(CC1CCCO1)C(=O)c1ccc2oc(NCc3cccc(Cl)c3)nc2c1. The molecule has 0 aliphatic carbocycles. The maximum absolute atomic E-state index is 13.2. The molecule has 4 rings (SSSR count). The molecule has 31 heavy (non-hydrogen) atoms. The van der Waals surface area contributed by atoms with Gasteiger partial charge in [0, 0.05) is 36.8 Å². The summed E-state index contributed by atoms with van der Waals surface area (Å²) in [5.41, 5.74) is 2.96. The van der Waals surface area contributed by atoms with Gasteiger partial charge in [-0.25, -0.2) is 0 Å². The number of halogens is 1. The number of benzene rings is 2. The summed E-state index contributed by atoms with van der Waals surface area (Å²) in [7, 11) is 0. The fraction of sp³-hybridized carbons (Fsp3) is 0.417. The van der Waals surface area contributed by atoms with E-state index in [9.17, 15) is 4.79 Å². The zero-order chi connectivity index (χ0) is 21.6. The van der Waals surface area contributed by atoms with Gasteiger partial charge in [0.1, 0.15) is 5.52 Å². The molecule has 164 valence electrons. The van der Waals surface area contributed by atoms with Gasteiger partial charge in [0.15, 0.2) is 5.58 Å². The lowest BCUT2D eigenvalue weighted by Gasteiger charge is -2.25. The van der Waals surface area contributed by atoms with Crippen LogP contribution >= 0.6 is 11.6 Å². The summed E-state index contributed by atoms with van der Waals surface area (Å²) < 4.78 is 11.5. The van der Waals surface area contributed by atoms with Crippen molar-refractivity contribution in [1.82, 2.24) is 9.88 Å². The third kappa shape index (κ3) is 5.57. The number of rotatable bonds is 9. The highest BCUT2D eigenvalue weighted by molar-refractivity contribution is 6.30. The summed E-state index contributed by atoms with van der Waals surface area (Å²) in [5, 5.41) is 3.87. The van der Waals surface area contributed by atoms with Gasteiger partial charge in [0.2, 0.25) is 0 Å². The third-order valence-corrected chi connectivity index (χ3v) is 5.72. The number of ether oxygens (including phenoxy) is 1. The summed E-state index contributed by atoms with van der Waals surface area (Å²) in [5.74, 6) is 0.0160. The van der Waals surface area contributed by atoms with Crippen LogP contribution in [0.1, 0.15) is 48.5 Å². The summed E-state index contributed by atoms with van der Waals surface area (Å²) in [6.07, 6.45) is 4.23. The molecular weight excluding hydrogens is 414 g/mol. The standard InChI is InChI=1S/C24H28ClN3O3/c1-2-3-11-28(16-20-8-5-12-30-20)23(29)18-9-10-22-21(14-18)27-24(31-22)26-15-17-6-4-7-19(25)13-17/h4,6-7,9-10,13-14,20H,2-3,5,8,11-12,15-16H2,1H3,(H,26,27). The van der Waals surface area contributed by atoms with Crippen LogP contribution < -0.4 is 5.32 Å². The Morgan fingerprint density at radius 3 is 2.97 bits per heavy atom. The van der Waals surface area contributed by atoms with Crippen molar-refractivity contribution in [2.45, 2.75) is 45.3 Å². The molecule has 1 N–H and O–H groups in total. The smallest absolute Gasteiger partial charge is 0.295 e. The first-order valence-corrected chi connectivity index (χ1v) is 11.3. The van der Waals surface area contributed by atoms with E-state index in [1.165, 1.54) is 0 Å². The lowest BCUT2D eigenvalue weighted by atomic mass is 10.1. The highest BCUT2D eigenvalue weighted by Gasteiger charge is 2.23. The molecule has 3 aromatic rings. The first-order chi connectivity index (χ1) is 15.1. The van der Waals surface area contributed by atoms with E-state index >= 15 is 0 Å². The van der Waals surface area contributed by atoms with Gasteiger partial charge in [0.05, 0.1) is 6.10 Å². The van der Waals surface area contributed by atoms with E-state index < -0.39 is 0 Å². The van der Waals surface area contributed by atoms with E-state index in [4.69, 9.17) is 20.8 Å². The number of oxazole rings is 1. The first-order valence-electron chi connectivity index (χ1n) is 10.9. The molecule has 0 saturated carbocycles. The predicted octanol–water partition coefficient (Wildman–Crippen LogP) is 5.51. The molecule has 1 unspecified atom stereocenters. The maximum Gasteiger partial charge on any atom is 0.295 e. The van der Waals surface area contributed by atoms with Crippen molar-refractivity contribution in [3.05, 3.63) is 58.6 Å². The molecule has 1 aliphatic heterocycles. The van der Waals surface area contributed by atoms with Crippen molar-refractivity contribution < 1.29 is 13.9 Å². The summed E-state index contributed by atoms with van der Waals surface area (Å²) in [4.78, 5) is 19.6. The Morgan fingerprint density at radius 2 is 2.19 bits per heavy atom. The normalized spacial score (nSPS) is 16.0. The molecule has 7 heteroatoms. The number of anilines is 1. The van der Waals surface area contributed by atoms with Crippen molar-refractivity contribution in [1.29, 1.82) is 0 Å². The van der Waals surface area contributed by atoms with Gasteiger partial charge in [-0.3, -0.25) is 4.79 Å². The summed E-state index contributed by atoms with van der Waals surface area (Å²) in [6.45, 7) is 4.84. The molecule has 1 atom stereocenters. The summed E-state index contributed by atoms with van der Waals surface area (Å²) >= 11 is 6.04. The number of amides is 1. The number of hydrogen-bond acceptors (Lipinski definition) is 5. The van der Waals surface area contributed by atoms with Crippen LogP contribution in [0, 0.1) is 0 Å². The fourth-order valence-electron chi connectivity index (χ4n) is 3.80. The zero-order valence-electron chi connectivity index (χ0n) is 17.8. The van der Waals surface area contributed by atoms with Gasteiger partial charge in [-0.15, -0.1) is 0 Å². The van der Waals surface area contributed by atoms with Gasteiger partial charge < -0.3 is 19.4 Å². The van der Waals surface area contributed by atoms with E-state index in [-0.39, 0.29) is 12.0 Å². The average Bonchev–Trinajstić information content (AvgIpc) is 3.43. The van der Waals surface area contributed by atoms with E-state index in [0.29, 0.717) is 40.8 Å². The Labute approximate surface area is 187 Å². The number of carbonyl (C=O) groups is 1. The molecule has 6 nitrogen and oxygen atoms in total. The van der Waals surface area contributed by atoms with Crippen molar-refractivity contribution in [3.8, 4) is 0 Å². The molecule has 0 radical (unpaired) electrons. The van der Waals surface area contributed by atoms with Crippen LogP contribution in [0.25, 0.3) is 11.1 Å². The lowest BCUT2D eigenvalue weighted by molar-refractivity contribution is 0.0523. The molecule has 1 fully saturated rings. The van der Waals surface area contributed by atoms with Crippen LogP contribution in [-0.4, -0.2) is 41.6 Å². The van der Waals surface area contributed by atoms with Crippen LogP contribution in [0.2, 0.25) is 5.02 Å². The molecule has 0 spiro atoms. The van der Waals surface area contributed by atoms with Crippen LogP contribution in [0.3, 0.4) is 0 Å². The van der Waals surface area contributed by atoms with E-state index in [1.54, 1.807) is 6.07 Å². The molecule has 1 aliphatic rings. The molecule has 2 heterocycles. The van der Waals surface area contributed by atoms with Gasteiger partial charge in [0.25, 0.3) is 11.9 Å². The second-order valence-electron chi connectivity index (χ2n) is 7.92. The Kier molecular flexibility index (Phi) is 7.10. The highest BCUT2D eigenvalue weighted by atomic mass is 35.5. The predicted molar refractivity (Wildman–Crippen MR) is 123 cm³/mol. The van der Waals surface area contributed by atoms with E-state index in [2.05, 4.69) is 17.2 Å². The second kappa shape index (κ2) is 10.2. The van der Waals surface area contributed by atoms with Gasteiger partial charge in [-0.2, -0.15) is 4.98 Å². The number of carbonyl (C=O) groups excluding carboxylic acids is 1. The Balaban J connectivity index is 1.47. The minimum absolute atomic E-state index is 0.0160. The lowest BCUT2D eigenvalue weighted by Crippen LogP contribution is -2.38. The molecule has 1 aromatic heterocycles. The number of fused-ring (bicyclic) bond motifs is 1. The average molecular weight is 442 g/mol. The topological polar surface area (TPSA) is 67.6 Å². The molecule has 1 amide bonds. The molecule has 2 aromatic carbocycles. The van der Waals surface area contributed by atoms with Crippen molar-refractivity contribution in [2.75, 3.05) is 25.0 Å². The van der Waals surface area contributed by atoms with Crippen LogP contribution in [0.15, 0.2) is 46.9 Å². The monoisotopic (exact) mass is 441 g/mol. The third-order valence-electron chi connectivity index (χ3n) is 5.48. The van der Waals surface area contributed by atoms with Gasteiger partial charge in [-0.1, -0.05) is 37.1 Å². The number of nitrogens with one attached hydrogen (secondary N) is 1. The number of hydrogen-bond donors (Lipinski definition) is 1. The minimum Gasteiger partial charge on any atom is -0.424 e. The maximum atomic E-state index is 13.2. The number of nitrogens with zero attached hydrogens (tertiary/aromatic N) is 2. The highest BCUT2D eigenvalue weighted by Crippen LogP contribution is 2.23. The minimum atomic E-state index is 0.0160. The summed E-state index contributed by atoms with van der Waals surface area (Å²) in [6, 6.07) is 13.5. The quantitative estimate of drug-likeness (QED) is 0.474. The Bertz CT molecular complexity index is 1030. The van der Waals surface area contributed by atoms with Crippen LogP contribution in [0.5, 0.6) is 0 Å². The number of unbranched alkanes of at least 4 members (excludes halogenated alkanes) is 1. The molecule has 1 saturated heterocycles. The fourth-order valence-corrected chi connectivity index (χ4v) is 4.01. The number of aromatic nitrogens is 1. The van der Waals surface area contributed by atoms with Crippen molar-refractivity contribution in [3.63, 3.8) is 0 Å². The second-order valence-corrected chi connectivity index (χ2v) is 8.36. The van der Waals surface area contributed by atoms with E-state index in [1.807, 2.05) is 41.3 Å². The van der Waals surface area contributed by atoms with Gasteiger partial charge in [-0.05, 0) is 55.2 Å². The zero-order valence-corrected chi connectivity index (χ0v) is 18.5. The van der Waals surface area contributed by atoms with Crippen LogP contribution in [-0.2, 0) is 11.3 Å². The van der Waals surface area contributed by atoms with Crippen molar-refractivity contribution in [2.24, 2.45) is 0 Å².